The minimum atomic E-state index is -4.04. The predicted molar refractivity (Wildman–Crippen MR) is 123 cm³/mol. The van der Waals surface area contributed by atoms with Crippen LogP contribution in [0, 0.1) is 5.82 Å². The quantitative estimate of drug-likeness (QED) is 0.442. The third-order valence-electron chi connectivity index (χ3n) is 5.71. The average Bonchev–Trinajstić information content (AvgIpc) is 3.28. The summed E-state index contributed by atoms with van der Waals surface area (Å²) in [6, 6.07) is 13.6. The number of aromatic nitrogens is 2. The number of hydrogen-bond donors (Lipinski definition) is 1. The summed E-state index contributed by atoms with van der Waals surface area (Å²) in [5.41, 5.74) is 1.62. The van der Waals surface area contributed by atoms with Crippen LogP contribution in [0.2, 0.25) is 0 Å². The fraction of sp³-hybridized carbons (Fsp3) is 0.182. The van der Waals surface area contributed by atoms with Crippen molar-refractivity contribution in [2.24, 2.45) is 0 Å². The third-order valence-corrected chi connectivity index (χ3v) is 9.07. The first-order valence-corrected chi connectivity index (χ1v) is 13.3. The average molecular weight is 503 g/mol. The van der Waals surface area contributed by atoms with Crippen LogP contribution in [0.15, 0.2) is 75.1 Å². The second-order valence-corrected chi connectivity index (χ2v) is 11.4. The van der Waals surface area contributed by atoms with Crippen molar-refractivity contribution in [3.63, 3.8) is 0 Å². The monoisotopic (exact) mass is 502 g/mol. The molecule has 0 aliphatic carbocycles. The maximum absolute atomic E-state index is 13.7. The van der Waals surface area contributed by atoms with Crippen LogP contribution >= 0.6 is 0 Å². The highest BCUT2D eigenvalue weighted by Gasteiger charge is 2.34. The largest absolute Gasteiger partial charge is 0.280 e. The van der Waals surface area contributed by atoms with Crippen molar-refractivity contribution >= 4 is 42.5 Å². The van der Waals surface area contributed by atoms with Gasteiger partial charge in [0.2, 0.25) is 0 Å². The number of benzene rings is 3. The normalized spacial score (nSPS) is 16.4. The van der Waals surface area contributed by atoms with Crippen LogP contribution in [0.1, 0.15) is 18.9 Å². The second-order valence-electron chi connectivity index (χ2n) is 7.98. The zero-order valence-corrected chi connectivity index (χ0v) is 19.5. The molecule has 12 heteroatoms. The van der Waals surface area contributed by atoms with Crippen LogP contribution in [0.25, 0.3) is 11.0 Å². The van der Waals surface area contributed by atoms with Gasteiger partial charge in [-0.15, -0.1) is 0 Å². The van der Waals surface area contributed by atoms with Crippen molar-refractivity contribution in [3.05, 3.63) is 72.0 Å². The third kappa shape index (κ3) is 3.78. The lowest BCUT2D eigenvalue weighted by Gasteiger charge is -2.36. The molecule has 2 heterocycles. The molecule has 176 valence electrons. The van der Waals surface area contributed by atoms with Gasteiger partial charge in [0.25, 0.3) is 20.0 Å². The molecule has 0 saturated heterocycles. The van der Waals surface area contributed by atoms with Gasteiger partial charge in [0.15, 0.2) is 5.52 Å². The fourth-order valence-corrected chi connectivity index (χ4v) is 7.01. The summed E-state index contributed by atoms with van der Waals surface area (Å²) in [5.74, 6) is -0.417. The minimum Gasteiger partial charge on any atom is -0.280 e. The molecule has 1 aliphatic rings. The Bertz CT molecular complexity index is 1600. The Morgan fingerprint density at radius 3 is 2.56 bits per heavy atom. The molecule has 1 N–H and O–H groups in total. The lowest BCUT2D eigenvalue weighted by Crippen LogP contribution is -2.42. The highest BCUT2D eigenvalue weighted by molar-refractivity contribution is 7.93. The molecule has 4 aromatic rings. The Labute approximate surface area is 195 Å². The van der Waals surface area contributed by atoms with E-state index < -0.39 is 25.9 Å². The molecule has 3 aromatic carbocycles. The summed E-state index contributed by atoms with van der Waals surface area (Å²) in [5, 5.41) is 7.28. The Balaban J connectivity index is 1.45. The fourth-order valence-electron chi connectivity index (χ4n) is 4.07. The van der Waals surface area contributed by atoms with E-state index in [2.05, 4.69) is 19.7 Å². The van der Waals surface area contributed by atoms with Gasteiger partial charge < -0.3 is 0 Å². The van der Waals surface area contributed by atoms with Crippen LogP contribution in [0.3, 0.4) is 0 Å². The molecule has 0 amide bonds. The maximum atomic E-state index is 13.7. The second kappa shape index (κ2) is 8.06. The summed E-state index contributed by atoms with van der Waals surface area (Å²) in [4.78, 5) is -0.129. The first kappa shape index (κ1) is 22.3. The topological polar surface area (TPSA) is 122 Å². The number of aryl methyl sites for hydroxylation is 1. The molecule has 5 rings (SSSR count). The Morgan fingerprint density at radius 1 is 1.03 bits per heavy atom. The first-order valence-electron chi connectivity index (χ1n) is 10.3. The lowest BCUT2D eigenvalue weighted by molar-refractivity contribution is 0.315. The molecule has 0 fully saturated rings. The highest BCUT2D eigenvalue weighted by atomic mass is 32.2. The zero-order chi connectivity index (χ0) is 24.1. The van der Waals surface area contributed by atoms with Gasteiger partial charge in [-0.25, -0.2) is 25.9 Å². The smallest absolute Gasteiger partial charge is 0.264 e. The van der Waals surface area contributed by atoms with Gasteiger partial charge in [-0.3, -0.25) is 9.03 Å². The number of nitrogens with one attached hydrogen (secondary N) is 1. The van der Waals surface area contributed by atoms with Crippen molar-refractivity contribution in [3.8, 4) is 0 Å². The molecule has 0 unspecified atom stereocenters. The Kier molecular flexibility index (Phi) is 5.29. The van der Waals surface area contributed by atoms with E-state index in [4.69, 9.17) is 0 Å². The van der Waals surface area contributed by atoms with Gasteiger partial charge in [-0.2, -0.15) is 0 Å². The Morgan fingerprint density at radius 2 is 1.79 bits per heavy atom. The maximum Gasteiger partial charge on any atom is 0.264 e. The summed E-state index contributed by atoms with van der Waals surface area (Å²) < 4.78 is 74.6. The lowest BCUT2D eigenvalue weighted by atomic mass is 9.99. The van der Waals surface area contributed by atoms with Crippen LogP contribution in [0.4, 0.5) is 15.8 Å². The van der Waals surface area contributed by atoms with Crippen molar-refractivity contribution in [2.45, 2.75) is 35.6 Å². The van der Waals surface area contributed by atoms with Gasteiger partial charge in [0.1, 0.15) is 16.2 Å². The zero-order valence-electron chi connectivity index (χ0n) is 17.8. The van der Waals surface area contributed by atoms with E-state index in [0.29, 0.717) is 29.6 Å². The predicted octanol–water partition coefficient (Wildman–Crippen LogP) is 3.69. The standard InChI is InChI=1S/C22H19FN4O5S2/c1-14-5-6-15-13-16(23)7-12-20(15)27(14)34(30,31)18-10-8-17(9-11-18)26-33(28,29)21-4-2-3-19-22(21)25-32-24-19/h2-4,7-14,26H,5-6H2,1H3/t14-/m1/s1. The van der Waals surface area contributed by atoms with Crippen molar-refractivity contribution < 1.29 is 25.9 Å². The molecule has 1 atom stereocenters. The summed E-state index contributed by atoms with van der Waals surface area (Å²) in [6.45, 7) is 1.80. The van der Waals surface area contributed by atoms with Crippen LogP contribution in [-0.2, 0) is 26.5 Å². The summed E-state index contributed by atoms with van der Waals surface area (Å²) in [7, 11) is -8.01. The van der Waals surface area contributed by atoms with E-state index in [-0.39, 0.29) is 27.0 Å². The van der Waals surface area contributed by atoms with Crippen molar-refractivity contribution in [2.75, 3.05) is 9.03 Å². The van der Waals surface area contributed by atoms with E-state index in [1.807, 2.05) is 0 Å². The number of nitrogens with zero attached hydrogens (tertiary/aromatic N) is 3. The number of halogens is 1. The Hall–Kier alpha value is -3.51. The molecule has 9 nitrogen and oxygen atoms in total. The number of sulfonamides is 2. The number of hydrogen-bond acceptors (Lipinski definition) is 7. The van der Waals surface area contributed by atoms with E-state index in [1.165, 1.54) is 58.9 Å². The number of rotatable bonds is 5. The van der Waals surface area contributed by atoms with Crippen LogP contribution < -0.4 is 9.03 Å². The molecule has 0 spiro atoms. The van der Waals surface area contributed by atoms with E-state index in [1.54, 1.807) is 13.0 Å². The molecule has 1 aliphatic heterocycles. The van der Waals surface area contributed by atoms with Gasteiger partial charge in [0.05, 0.1) is 10.6 Å². The molecular weight excluding hydrogens is 483 g/mol. The minimum absolute atomic E-state index is 0.0118. The van der Waals surface area contributed by atoms with E-state index in [9.17, 15) is 21.2 Å². The van der Waals surface area contributed by atoms with Gasteiger partial charge in [0, 0.05) is 11.7 Å². The summed E-state index contributed by atoms with van der Waals surface area (Å²) >= 11 is 0. The SMILES string of the molecule is C[C@@H]1CCc2cc(F)ccc2N1S(=O)(=O)c1ccc(NS(=O)(=O)c2cccc3nonc23)cc1. The molecule has 1 aromatic heterocycles. The molecule has 0 bridgehead atoms. The number of fused-ring (bicyclic) bond motifs is 2. The molecule has 0 radical (unpaired) electrons. The van der Waals surface area contributed by atoms with Crippen LogP contribution in [-0.4, -0.2) is 33.2 Å². The summed E-state index contributed by atoms with van der Waals surface area (Å²) in [6.07, 6.45) is 1.13. The van der Waals surface area contributed by atoms with Gasteiger partial charge >= 0.3 is 0 Å². The van der Waals surface area contributed by atoms with Crippen molar-refractivity contribution in [1.82, 2.24) is 10.3 Å². The van der Waals surface area contributed by atoms with Crippen LogP contribution in [0.5, 0.6) is 0 Å². The van der Waals surface area contributed by atoms with E-state index >= 15 is 0 Å². The molecule has 0 saturated carbocycles. The first-order chi connectivity index (χ1) is 16.2. The van der Waals surface area contributed by atoms with Gasteiger partial charge in [-0.05, 0) is 90.2 Å². The van der Waals surface area contributed by atoms with E-state index in [0.717, 1.165) is 0 Å². The molecule has 34 heavy (non-hydrogen) atoms. The van der Waals surface area contributed by atoms with Gasteiger partial charge in [-0.1, -0.05) is 6.07 Å². The van der Waals surface area contributed by atoms with Crippen molar-refractivity contribution in [1.29, 1.82) is 0 Å². The molecular formula is C22H19FN4O5S2. The highest BCUT2D eigenvalue weighted by Crippen LogP contribution is 2.36. The number of anilines is 2.